The molecule has 0 aliphatic heterocycles. The predicted octanol–water partition coefficient (Wildman–Crippen LogP) is 3.84. The Morgan fingerprint density at radius 2 is 1.93 bits per heavy atom. The molecule has 1 amide bonds. The molecule has 2 heterocycles. The largest absolute Gasteiger partial charge is 0.298 e. The molecule has 0 aliphatic rings. The number of benzene rings is 2. The van der Waals surface area contributed by atoms with E-state index in [-0.39, 0.29) is 16.6 Å². The van der Waals surface area contributed by atoms with Gasteiger partial charge in [-0.05, 0) is 48.9 Å². The van der Waals surface area contributed by atoms with Crippen molar-refractivity contribution in [2.45, 2.75) is 18.2 Å². The number of anilines is 1. The highest BCUT2D eigenvalue weighted by molar-refractivity contribution is 7.90. The Morgan fingerprint density at radius 3 is 2.60 bits per heavy atom. The van der Waals surface area contributed by atoms with Crippen molar-refractivity contribution in [3.63, 3.8) is 0 Å². The van der Waals surface area contributed by atoms with Crippen molar-refractivity contribution in [2.75, 3.05) is 11.6 Å². The van der Waals surface area contributed by atoms with E-state index in [0.717, 1.165) is 6.26 Å². The first kappa shape index (κ1) is 20.2. The van der Waals surface area contributed by atoms with Crippen LogP contribution < -0.4 is 5.32 Å². The molecule has 4 aromatic rings. The molecule has 1 N–H and O–H groups in total. The van der Waals surface area contributed by atoms with Gasteiger partial charge in [-0.1, -0.05) is 18.3 Å². The van der Waals surface area contributed by atoms with Gasteiger partial charge in [0.1, 0.15) is 5.82 Å². The van der Waals surface area contributed by atoms with Crippen LogP contribution in [-0.4, -0.2) is 35.3 Å². The number of fused-ring (bicyclic) bond motifs is 1. The first-order chi connectivity index (χ1) is 14.3. The second-order valence-electron chi connectivity index (χ2n) is 6.62. The zero-order valence-electron chi connectivity index (χ0n) is 16.1. The molecule has 2 aromatic carbocycles. The van der Waals surface area contributed by atoms with E-state index in [0.29, 0.717) is 38.7 Å². The molecule has 0 unspecified atom stereocenters. The maximum atomic E-state index is 13.2. The van der Waals surface area contributed by atoms with E-state index < -0.39 is 9.84 Å². The molecule has 0 saturated heterocycles. The highest BCUT2D eigenvalue weighted by atomic mass is 32.2. The second-order valence-corrected chi connectivity index (χ2v) is 9.67. The summed E-state index contributed by atoms with van der Waals surface area (Å²) in [5, 5.41) is 7.40. The van der Waals surface area contributed by atoms with E-state index in [1.807, 2.05) is 6.92 Å². The normalized spacial score (nSPS) is 11.7. The fraction of sp³-hybridized carbons (Fsp3) is 0.150. The standard InChI is InChI=1S/C20H17FN4O3S2/c1-3-17-15(11-22-25(17)13-6-4-12(21)5-7-13)19(26)24-20-23-16-9-8-14(30(2,27)28)10-18(16)29-20/h4-11H,3H2,1-2H3,(H,23,24,26). The van der Waals surface area contributed by atoms with Gasteiger partial charge in [-0.2, -0.15) is 5.10 Å². The first-order valence-corrected chi connectivity index (χ1v) is 11.7. The molecular formula is C20H17FN4O3S2. The lowest BCUT2D eigenvalue weighted by molar-refractivity contribution is 0.102. The molecule has 4 rings (SSSR count). The summed E-state index contributed by atoms with van der Waals surface area (Å²) in [5.74, 6) is -0.723. The lowest BCUT2D eigenvalue weighted by atomic mass is 10.2. The predicted molar refractivity (Wildman–Crippen MR) is 114 cm³/mol. The molecule has 0 radical (unpaired) electrons. The zero-order chi connectivity index (χ0) is 21.5. The summed E-state index contributed by atoms with van der Waals surface area (Å²) in [6.07, 6.45) is 3.15. The topological polar surface area (TPSA) is 93.9 Å². The number of nitrogens with one attached hydrogen (secondary N) is 1. The number of hydrogen-bond donors (Lipinski definition) is 1. The molecule has 7 nitrogen and oxygen atoms in total. The number of carbonyl (C=O) groups is 1. The van der Waals surface area contributed by atoms with E-state index in [9.17, 15) is 17.6 Å². The Bertz CT molecular complexity index is 1360. The third-order valence-corrected chi connectivity index (χ3v) is 6.57. The van der Waals surface area contributed by atoms with Crippen LogP contribution in [0.1, 0.15) is 23.0 Å². The lowest BCUT2D eigenvalue weighted by Crippen LogP contribution is -2.14. The maximum absolute atomic E-state index is 13.2. The van der Waals surface area contributed by atoms with Crippen LogP contribution in [0, 0.1) is 5.82 Å². The fourth-order valence-corrected chi connectivity index (χ4v) is 4.68. The molecular weight excluding hydrogens is 427 g/mol. The summed E-state index contributed by atoms with van der Waals surface area (Å²) < 4.78 is 38.9. The van der Waals surface area contributed by atoms with Gasteiger partial charge in [0.05, 0.1) is 38.3 Å². The number of aromatic nitrogens is 3. The SMILES string of the molecule is CCc1c(C(=O)Nc2nc3ccc(S(C)(=O)=O)cc3s2)cnn1-c1ccc(F)cc1. The third-order valence-electron chi connectivity index (χ3n) is 4.53. The number of thiazole rings is 1. The first-order valence-electron chi connectivity index (χ1n) is 9.01. The van der Waals surface area contributed by atoms with Crippen LogP contribution in [0.3, 0.4) is 0 Å². The average Bonchev–Trinajstić information content (AvgIpc) is 3.30. The highest BCUT2D eigenvalue weighted by Crippen LogP contribution is 2.29. The van der Waals surface area contributed by atoms with Gasteiger partial charge in [0, 0.05) is 6.26 Å². The number of amides is 1. The third kappa shape index (κ3) is 3.83. The molecule has 0 spiro atoms. The van der Waals surface area contributed by atoms with E-state index in [2.05, 4.69) is 15.4 Å². The number of hydrogen-bond acceptors (Lipinski definition) is 6. The van der Waals surface area contributed by atoms with Gasteiger partial charge in [-0.25, -0.2) is 22.5 Å². The molecule has 0 fully saturated rings. The monoisotopic (exact) mass is 444 g/mol. The van der Waals surface area contributed by atoms with Gasteiger partial charge in [0.15, 0.2) is 15.0 Å². The Labute approximate surface area is 176 Å². The molecule has 2 aromatic heterocycles. The van der Waals surface area contributed by atoms with Crippen LogP contribution >= 0.6 is 11.3 Å². The van der Waals surface area contributed by atoms with Gasteiger partial charge < -0.3 is 0 Å². The number of carbonyl (C=O) groups excluding carboxylic acids is 1. The summed E-state index contributed by atoms with van der Waals surface area (Å²) in [6, 6.07) is 10.5. The number of rotatable bonds is 5. The minimum Gasteiger partial charge on any atom is -0.298 e. The summed E-state index contributed by atoms with van der Waals surface area (Å²) >= 11 is 1.19. The maximum Gasteiger partial charge on any atom is 0.260 e. The fourth-order valence-electron chi connectivity index (χ4n) is 3.06. The van der Waals surface area contributed by atoms with Gasteiger partial charge >= 0.3 is 0 Å². The van der Waals surface area contributed by atoms with Gasteiger partial charge in [-0.3, -0.25) is 10.1 Å². The van der Waals surface area contributed by atoms with Crippen LogP contribution in [0.4, 0.5) is 9.52 Å². The molecule has 10 heteroatoms. The summed E-state index contributed by atoms with van der Waals surface area (Å²) in [4.78, 5) is 17.4. The molecule has 30 heavy (non-hydrogen) atoms. The molecule has 0 saturated carbocycles. The smallest absolute Gasteiger partial charge is 0.260 e. The van der Waals surface area contributed by atoms with Crippen LogP contribution in [0.2, 0.25) is 0 Å². The van der Waals surface area contributed by atoms with E-state index in [1.165, 1.54) is 35.7 Å². The Kier molecular flexibility index (Phi) is 5.12. The summed E-state index contributed by atoms with van der Waals surface area (Å²) in [6.45, 7) is 1.90. The number of sulfone groups is 1. The van der Waals surface area contributed by atoms with Crippen molar-refractivity contribution >= 4 is 42.4 Å². The van der Waals surface area contributed by atoms with Gasteiger partial charge in [0.25, 0.3) is 5.91 Å². The van der Waals surface area contributed by atoms with Crippen LogP contribution in [0.15, 0.2) is 53.6 Å². The van der Waals surface area contributed by atoms with E-state index in [1.54, 1.807) is 28.9 Å². The molecule has 0 aliphatic carbocycles. The Hall–Kier alpha value is -3.11. The van der Waals surface area contributed by atoms with Crippen molar-refractivity contribution in [2.24, 2.45) is 0 Å². The summed E-state index contributed by atoms with van der Waals surface area (Å²) in [5.41, 5.74) is 2.32. The van der Waals surface area contributed by atoms with E-state index >= 15 is 0 Å². The average molecular weight is 445 g/mol. The number of nitrogens with zero attached hydrogens (tertiary/aromatic N) is 3. The quantitative estimate of drug-likeness (QED) is 0.505. The van der Waals surface area contributed by atoms with Gasteiger partial charge in [-0.15, -0.1) is 0 Å². The van der Waals surface area contributed by atoms with Crippen molar-refractivity contribution in [1.82, 2.24) is 14.8 Å². The van der Waals surface area contributed by atoms with Crippen LogP contribution in [0.5, 0.6) is 0 Å². The van der Waals surface area contributed by atoms with Crippen molar-refractivity contribution in [3.8, 4) is 5.69 Å². The lowest BCUT2D eigenvalue weighted by Gasteiger charge is -2.07. The van der Waals surface area contributed by atoms with Crippen molar-refractivity contribution in [1.29, 1.82) is 0 Å². The summed E-state index contributed by atoms with van der Waals surface area (Å²) in [7, 11) is -3.33. The Morgan fingerprint density at radius 1 is 1.20 bits per heavy atom. The highest BCUT2D eigenvalue weighted by Gasteiger charge is 2.19. The van der Waals surface area contributed by atoms with Crippen LogP contribution in [-0.2, 0) is 16.3 Å². The second kappa shape index (κ2) is 7.62. The Balaban J connectivity index is 1.63. The molecule has 154 valence electrons. The number of halogens is 1. The minimum atomic E-state index is -3.33. The minimum absolute atomic E-state index is 0.199. The van der Waals surface area contributed by atoms with E-state index in [4.69, 9.17) is 0 Å². The van der Waals surface area contributed by atoms with Crippen LogP contribution in [0.25, 0.3) is 15.9 Å². The molecule has 0 bridgehead atoms. The van der Waals surface area contributed by atoms with Crippen molar-refractivity contribution in [3.05, 3.63) is 65.7 Å². The molecule has 0 atom stereocenters. The van der Waals surface area contributed by atoms with Gasteiger partial charge in [0.2, 0.25) is 0 Å². The van der Waals surface area contributed by atoms with Crippen molar-refractivity contribution < 1.29 is 17.6 Å². The zero-order valence-corrected chi connectivity index (χ0v) is 17.7.